The number of carboxylic acids is 1. The van der Waals surface area contributed by atoms with E-state index in [9.17, 15) is 4.79 Å². The number of methoxy groups -OCH3 is 1. The Kier molecular flexibility index (Phi) is 3.62. The van der Waals surface area contributed by atoms with E-state index in [0.29, 0.717) is 12.3 Å². The molecule has 92 valence electrons. The van der Waals surface area contributed by atoms with Crippen LogP contribution in [0.15, 0.2) is 23.1 Å². The largest absolute Gasteiger partial charge is 0.497 e. The Hall–Kier alpha value is -1.16. The number of benzene rings is 1. The van der Waals surface area contributed by atoms with Crippen LogP contribution in [-0.4, -0.2) is 23.9 Å². The van der Waals surface area contributed by atoms with Crippen LogP contribution in [0.25, 0.3) is 0 Å². The van der Waals surface area contributed by atoms with Gasteiger partial charge >= 0.3 is 5.97 Å². The normalized spacial score (nSPS) is 19.8. The van der Waals surface area contributed by atoms with Gasteiger partial charge in [-0.25, -0.2) is 0 Å². The van der Waals surface area contributed by atoms with E-state index in [2.05, 4.69) is 6.07 Å². The first-order valence-corrected chi connectivity index (χ1v) is 6.64. The summed E-state index contributed by atoms with van der Waals surface area (Å²) in [5, 5.41) is 8.96. The summed E-state index contributed by atoms with van der Waals surface area (Å²) in [5.74, 6) is 1.14. The van der Waals surface area contributed by atoms with Crippen molar-refractivity contribution in [2.24, 2.45) is 5.92 Å². The van der Waals surface area contributed by atoms with Gasteiger partial charge in [0.15, 0.2) is 0 Å². The summed E-state index contributed by atoms with van der Waals surface area (Å²) in [5.41, 5.74) is 1.24. The Morgan fingerprint density at radius 1 is 1.65 bits per heavy atom. The first-order chi connectivity index (χ1) is 8.11. The SMILES string of the molecule is COc1ccc2c(c1)C(CC(C)C(=O)O)CS2. The Morgan fingerprint density at radius 3 is 3.06 bits per heavy atom. The lowest BCUT2D eigenvalue weighted by atomic mass is 9.91. The highest BCUT2D eigenvalue weighted by Crippen LogP contribution is 2.43. The molecule has 3 nitrogen and oxygen atoms in total. The lowest BCUT2D eigenvalue weighted by Crippen LogP contribution is -2.13. The topological polar surface area (TPSA) is 46.5 Å². The number of carboxylic acid groups (broad SMARTS) is 1. The van der Waals surface area contributed by atoms with Gasteiger partial charge in [0.25, 0.3) is 0 Å². The van der Waals surface area contributed by atoms with Gasteiger partial charge in [-0.3, -0.25) is 4.79 Å². The summed E-state index contributed by atoms with van der Waals surface area (Å²) in [4.78, 5) is 12.1. The van der Waals surface area contributed by atoms with E-state index in [1.165, 1.54) is 10.5 Å². The summed E-state index contributed by atoms with van der Waals surface area (Å²) >= 11 is 1.80. The molecule has 0 amide bonds. The predicted molar refractivity (Wildman–Crippen MR) is 67.9 cm³/mol. The summed E-state index contributed by atoms with van der Waals surface area (Å²) < 4.78 is 5.21. The van der Waals surface area contributed by atoms with E-state index in [1.54, 1.807) is 25.8 Å². The van der Waals surface area contributed by atoms with Crippen LogP contribution in [0.2, 0.25) is 0 Å². The van der Waals surface area contributed by atoms with Crippen LogP contribution < -0.4 is 4.74 Å². The van der Waals surface area contributed by atoms with Crippen molar-refractivity contribution in [3.05, 3.63) is 23.8 Å². The molecule has 2 atom stereocenters. The van der Waals surface area contributed by atoms with E-state index in [4.69, 9.17) is 9.84 Å². The molecule has 0 spiro atoms. The maximum absolute atomic E-state index is 10.9. The third-order valence-corrected chi connectivity index (χ3v) is 4.41. The van der Waals surface area contributed by atoms with Gasteiger partial charge in [-0.15, -0.1) is 11.8 Å². The Bertz CT molecular complexity index is 431. The number of hydrogen-bond acceptors (Lipinski definition) is 3. The van der Waals surface area contributed by atoms with Crippen molar-refractivity contribution in [3.8, 4) is 5.75 Å². The highest BCUT2D eigenvalue weighted by Gasteiger charge is 2.27. The first kappa shape index (κ1) is 12.3. The number of aliphatic carboxylic acids is 1. The quantitative estimate of drug-likeness (QED) is 0.894. The summed E-state index contributed by atoms with van der Waals surface area (Å²) in [7, 11) is 1.65. The molecule has 17 heavy (non-hydrogen) atoms. The average Bonchev–Trinajstić information content (AvgIpc) is 2.71. The molecule has 1 aromatic rings. The van der Waals surface area contributed by atoms with Crippen LogP contribution in [-0.2, 0) is 4.79 Å². The summed E-state index contributed by atoms with van der Waals surface area (Å²) in [6, 6.07) is 6.05. The van der Waals surface area contributed by atoms with E-state index < -0.39 is 5.97 Å². The van der Waals surface area contributed by atoms with Gasteiger partial charge in [0, 0.05) is 10.6 Å². The van der Waals surface area contributed by atoms with Crippen molar-refractivity contribution in [2.45, 2.75) is 24.2 Å². The monoisotopic (exact) mass is 252 g/mol. The van der Waals surface area contributed by atoms with Crippen LogP contribution in [0.5, 0.6) is 5.75 Å². The minimum Gasteiger partial charge on any atom is -0.497 e. The fraction of sp³-hybridized carbons (Fsp3) is 0.462. The lowest BCUT2D eigenvalue weighted by molar-refractivity contribution is -0.141. The number of carbonyl (C=O) groups is 1. The highest BCUT2D eigenvalue weighted by atomic mass is 32.2. The van der Waals surface area contributed by atoms with E-state index in [-0.39, 0.29) is 5.92 Å². The van der Waals surface area contributed by atoms with Crippen LogP contribution >= 0.6 is 11.8 Å². The van der Waals surface area contributed by atoms with Gasteiger partial charge in [-0.05, 0) is 36.1 Å². The number of fused-ring (bicyclic) bond motifs is 1. The average molecular weight is 252 g/mol. The van der Waals surface area contributed by atoms with Crippen molar-refractivity contribution in [3.63, 3.8) is 0 Å². The Morgan fingerprint density at radius 2 is 2.41 bits per heavy atom. The number of hydrogen-bond donors (Lipinski definition) is 1. The van der Waals surface area contributed by atoms with E-state index in [0.717, 1.165) is 11.5 Å². The van der Waals surface area contributed by atoms with Gasteiger partial charge in [-0.1, -0.05) is 6.92 Å². The molecule has 0 aromatic heterocycles. The molecule has 1 aliphatic heterocycles. The van der Waals surface area contributed by atoms with Crippen LogP contribution in [0.1, 0.15) is 24.8 Å². The van der Waals surface area contributed by atoms with Crippen molar-refractivity contribution in [1.82, 2.24) is 0 Å². The Labute approximate surface area is 105 Å². The number of rotatable bonds is 4. The smallest absolute Gasteiger partial charge is 0.306 e. The van der Waals surface area contributed by atoms with E-state index in [1.807, 2.05) is 12.1 Å². The Balaban J connectivity index is 2.17. The fourth-order valence-electron chi connectivity index (χ4n) is 2.11. The zero-order valence-electron chi connectivity index (χ0n) is 9.97. The fourth-order valence-corrected chi connectivity index (χ4v) is 3.36. The molecule has 0 saturated heterocycles. The minimum absolute atomic E-state index is 0.294. The third-order valence-electron chi connectivity index (χ3n) is 3.16. The summed E-state index contributed by atoms with van der Waals surface area (Å²) in [6.45, 7) is 1.77. The minimum atomic E-state index is -0.716. The number of ether oxygens (including phenoxy) is 1. The maximum atomic E-state index is 10.9. The van der Waals surface area contributed by atoms with Crippen molar-refractivity contribution in [2.75, 3.05) is 12.9 Å². The summed E-state index contributed by atoms with van der Waals surface area (Å²) in [6.07, 6.45) is 0.697. The molecule has 0 bridgehead atoms. The van der Waals surface area contributed by atoms with Gasteiger partial charge < -0.3 is 9.84 Å². The third kappa shape index (κ3) is 2.57. The van der Waals surface area contributed by atoms with Crippen molar-refractivity contribution in [1.29, 1.82) is 0 Å². The van der Waals surface area contributed by atoms with Gasteiger partial charge in [0.1, 0.15) is 5.75 Å². The molecular formula is C13H16O3S. The van der Waals surface area contributed by atoms with Gasteiger partial charge in [-0.2, -0.15) is 0 Å². The van der Waals surface area contributed by atoms with Crippen LogP contribution in [0, 0.1) is 5.92 Å². The van der Waals surface area contributed by atoms with Crippen LogP contribution in [0.3, 0.4) is 0 Å². The van der Waals surface area contributed by atoms with Gasteiger partial charge in [0.05, 0.1) is 13.0 Å². The molecule has 1 heterocycles. The molecule has 0 aliphatic carbocycles. The maximum Gasteiger partial charge on any atom is 0.306 e. The second kappa shape index (κ2) is 5.00. The molecule has 0 radical (unpaired) electrons. The molecule has 2 rings (SSSR count). The molecular weight excluding hydrogens is 236 g/mol. The molecule has 2 unspecified atom stereocenters. The zero-order chi connectivity index (χ0) is 12.4. The molecule has 1 aromatic carbocycles. The van der Waals surface area contributed by atoms with Crippen LogP contribution in [0.4, 0.5) is 0 Å². The molecule has 4 heteroatoms. The second-order valence-corrected chi connectivity index (χ2v) is 5.45. The van der Waals surface area contributed by atoms with Crippen molar-refractivity contribution < 1.29 is 14.6 Å². The van der Waals surface area contributed by atoms with Crippen molar-refractivity contribution >= 4 is 17.7 Å². The highest BCUT2D eigenvalue weighted by molar-refractivity contribution is 7.99. The molecule has 1 N–H and O–H groups in total. The zero-order valence-corrected chi connectivity index (χ0v) is 10.8. The molecule has 0 saturated carbocycles. The second-order valence-electron chi connectivity index (χ2n) is 4.39. The molecule has 1 aliphatic rings. The first-order valence-electron chi connectivity index (χ1n) is 5.65. The van der Waals surface area contributed by atoms with E-state index >= 15 is 0 Å². The van der Waals surface area contributed by atoms with Gasteiger partial charge in [0.2, 0.25) is 0 Å². The number of thioether (sulfide) groups is 1. The predicted octanol–water partition coefficient (Wildman–Crippen LogP) is 3.00. The standard InChI is InChI=1S/C13H16O3S/c1-8(13(14)15)5-9-7-17-12-4-3-10(16-2)6-11(9)12/h3-4,6,8-9H,5,7H2,1-2H3,(H,14,15). The lowest BCUT2D eigenvalue weighted by Gasteiger charge is -2.14. The molecule has 0 fully saturated rings.